The molecule has 0 saturated heterocycles. The largest absolute Gasteiger partial charge is 0.465 e. The highest BCUT2D eigenvalue weighted by atomic mass is 79.9. The van der Waals surface area contributed by atoms with Gasteiger partial charge < -0.3 is 5.11 Å². The van der Waals surface area contributed by atoms with Crippen LogP contribution in [0.5, 0.6) is 0 Å². The summed E-state index contributed by atoms with van der Waals surface area (Å²) in [6.07, 6.45) is -1.23. The van der Waals surface area contributed by atoms with Crippen LogP contribution in [0.15, 0.2) is 10.7 Å². The lowest BCUT2D eigenvalue weighted by Crippen LogP contribution is -2.08. The van der Waals surface area contributed by atoms with E-state index in [-0.39, 0.29) is 21.0 Å². The molecule has 0 spiro atoms. The number of carbonyl (C=O) groups is 1. The number of rotatable bonds is 1. The van der Waals surface area contributed by atoms with E-state index in [4.69, 9.17) is 22.0 Å². The fraction of sp³-hybridized carbons (Fsp3) is 0. The highest BCUT2D eigenvalue weighted by Crippen LogP contribution is 2.25. The quantitative estimate of drug-likeness (QED) is 0.771. The molecular weight excluding hydrogens is 273 g/mol. The average Bonchev–Trinajstić information content (AvgIpc) is 2.10. The van der Waals surface area contributed by atoms with Crippen LogP contribution in [0.2, 0.25) is 5.02 Å². The molecule has 1 aromatic rings. The lowest BCUT2D eigenvalue weighted by molar-refractivity contribution is 0.209. The first-order valence-corrected chi connectivity index (χ1v) is 4.47. The Balaban J connectivity index is 3.16. The zero-order valence-electron chi connectivity index (χ0n) is 6.58. The summed E-state index contributed by atoms with van der Waals surface area (Å²) in [5.74, 6) is 0. The molecule has 0 aliphatic heterocycles. The van der Waals surface area contributed by atoms with Crippen LogP contribution in [-0.2, 0) is 0 Å². The molecule has 0 aliphatic rings. The first-order chi connectivity index (χ1) is 6.54. The minimum atomic E-state index is -1.23. The molecule has 0 radical (unpaired) electrons. The second kappa shape index (κ2) is 4.26. The molecule has 5 nitrogen and oxygen atoms in total. The summed E-state index contributed by atoms with van der Waals surface area (Å²) < 4.78 is 0.223. The van der Waals surface area contributed by atoms with Crippen LogP contribution < -0.4 is 5.32 Å². The molecule has 2 N–H and O–H groups in total. The summed E-state index contributed by atoms with van der Waals surface area (Å²) in [7, 11) is 0. The SMILES string of the molecule is N#Cc1nc(Br)c(NC(=O)O)cc1Cl. The van der Waals surface area contributed by atoms with Crippen molar-refractivity contribution in [2.75, 3.05) is 5.32 Å². The van der Waals surface area contributed by atoms with Crippen molar-refractivity contribution in [3.05, 3.63) is 21.4 Å². The molecule has 1 aromatic heterocycles. The topological polar surface area (TPSA) is 86.0 Å². The van der Waals surface area contributed by atoms with E-state index < -0.39 is 6.09 Å². The van der Waals surface area contributed by atoms with E-state index in [1.165, 1.54) is 6.07 Å². The Bertz CT molecular complexity index is 430. The minimum Gasteiger partial charge on any atom is -0.465 e. The number of carboxylic acid groups (broad SMARTS) is 1. The van der Waals surface area contributed by atoms with Crippen LogP contribution in [0.4, 0.5) is 10.5 Å². The van der Waals surface area contributed by atoms with Crippen molar-refractivity contribution < 1.29 is 9.90 Å². The van der Waals surface area contributed by atoms with Crippen LogP contribution in [0.3, 0.4) is 0 Å². The Morgan fingerprint density at radius 1 is 1.79 bits per heavy atom. The third-order valence-electron chi connectivity index (χ3n) is 1.28. The van der Waals surface area contributed by atoms with Gasteiger partial charge in [-0.05, 0) is 22.0 Å². The summed E-state index contributed by atoms with van der Waals surface area (Å²) in [6, 6.07) is 3.08. The van der Waals surface area contributed by atoms with Crippen molar-refractivity contribution in [1.29, 1.82) is 5.26 Å². The van der Waals surface area contributed by atoms with Gasteiger partial charge in [-0.3, -0.25) is 5.32 Å². The molecule has 0 aromatic carbocycles. The third-order valence-corrected chi connectivity index (χ3v) is 2.17. The summed E-state index contributed by atoms with van der Waals surface area (Å²) >= 11 is 8.65. The van der Waals surface area contributed by atoms with Crippen molar-refractivity contribution in [3.63, 3.8) is 0 Å². The van der Waals surface area contributed by atoms with Gasteiger partial charge in [-0.15, -0.1) is 0 Å². The Labute approximate surface area is 92.4 Å². The summed E-state index contributed by atoms with van der Waals surface area (Å²) in [5, 5.41) is 19.2. The normalized spacial score (nSPS) is 9.21. The van der Waals surface area contributed by atoms with Gasteiger partial charge in [0.2, 0.25) is 0 Å². The van der Waals surface area contributed by atoms with Gasteiger partial charge in [-0.2, -0.15) is 5.26 Å². The van der Waals surface area contributed by atoms with Crippen LogP contribution >= 0.6 is 27.5 Å². The van der Waals surface area contributed by atoms with Crippen molar-refractivity contribution in [1.82, 2.24) is 4.98 Å². The standard InChI is InChI=1S/C7H3BrClN3O2/c8-6-4(12-7(13)14)1-3(9)5(2-10)11-6/h1,12H,(H,13,14). The van der Waals surface area contributed by atoms with Gasteiger partial charge in [0.1, 0.15) is 10.7 Å². The second-order valence-corrected chi connectivity index (χ2v) is 3.36. The van der Waals surface area contributed by atoms with Crippen molar-refractivity contribution in [2.24, 2.45) is 0 Å². The van der Waals surface area contributed by atoms with E-state index in [9.17, 15) is 4.79 Å². The molecule has 0 unspecified atom stereocenters. The average molecular weight is 276 g/mol. The van der Waals surface area contributed by atoms with E-state index in [1.807, 2.05) is 0 Å². The van der Waals surface area contributed by atoms with Crippen LogP contribution in [0.1, 0.15) is 5.69 Å². The minimum absolute atomic E-state index is 0.0366. The summed E-state index contributed by atoms with van der Waals surface area (Å²) in [4.78, 5) is 14.1. The molecule has 0 fully saturated rings. The zero-order valence-corrected chi connectivity index (χ0v) is 8.93. The van der Waals surface area contributed by atoms with E-state index >= 15 is 0 Å². The maximum atomic E-state index is 10.3. The maximum Gasteiger partial charge on any atom is 0.409 e. The molecule has 14 heavy (non-hydrogen) atoms. The van der Waals surface area contributed by atoms with Crippen molar-refractivity contribution >= 4 is 39.3 Å². The highest BCUT2D eigenvalue weighted by Gasteiger charge is 2.09. The number of nitrogens with one attached hydrogen (secondary N) is 1. The van der Waals surface area contributed by atoms with E-state index in [2.05, 4.69) is 26.2 Å². The highest BCUT2D eigenvalue weighted by molar-refractivity contribution is 9.10. The smallest absolute Gasteiger partial charge is 0.409 e. The van der Waals surface area contributed by atoms with E-state index in [0.717, 1.165) is 0 Å². The first kappa shape index (κ1) is 10.8. The molecule has 1 rings (SSSR count). The number of anilines is 1. The van der Waals surface area contributed by atoms with Crippen molar-refractivity contribution in [3.8, 4) is 6.07 Å². The van der Waals surface area contributed by atoms with Gasteiger partial charge in [0.05, 0.1) is 10.7 Å². The van der Waals surface area contributed by atoms with Gasteiger partial charge in [-0.25, -0.2) is 9.78 Å². The predicted molar refractivity (Wildman–Crippen MR) is 53.3 cm³/mol. The molecule has 7 heteroatoms. The lowest BCUT2D eigenvalue weighted by atomic mass is 10.3. The number of hydrogen-bond acceptors (Lipinski definition) is 3. The predicted octanol–water partition coefficient (Wildman–Crippen LogP) is 2.46. The lowest BCUT2D eigenvalue weighted by Gasteiger charge is -2.04. The Morgan fingerprint density at radius 2 is 2.43 bits per heavy atom. The molecule has 0 aliphatic carbocycles. The Morgan fingerprint density at radius 3 is 2.93 bits per heavy atom. The Hall–Kier alpha value is -1.32. The van der Waals surface area contributed by atoms with E-state index in [0.29, 0.717) is 0 Å². The molecule has 0 bridgehead atoms. The number of nitrogens with zero attached hydrogens (tertiary/aromatic N) is 2. The Kier molecular flexibility index (Phi) is 3.28. The molecular formula is C7H3BrClN3O2. The van der Waals surface area contributed by atoms with Gasteiger partial charge in [0.15, 0.2) is 5.69 Å². The zero-order chi connectivity index (χ0) is 10.7. The monoisotopic (exact) mass is 275 g/mol. The van der Waals surface area contributed by atoms with Crippen LogP contribution in [0, 0.1) is 11.3 Å². The van der Waals surface area contributed by atoms with Gasteiger partial charge in [0.25, 0.3) is 0 Å². The summed E-state index contributed by atoms with van der Waals surface area (Å²) in [6.45, 7) is 0. The van der Waals surface area contributed by atoms with Crippen LogP contribution in [0.25, 0.3) is 0 Å². The molecule has 0 atom stereocenters. The van der Waals surface area contributed by atoms with Gasteiger partial charge in [-0.1, -0.05) is 11.6 Å². The third kappa shape index (κ3) is 2.34. The number of aromatic nitrogens is 1. The number of amides is 1. The van der Waals surface area contributed by atoms with Gasteiger partial charge >= 0.3 is 6.09 Å². The molecule has 1 amide bonds. The fourth-order valence-corrected chi connectivity index (χ4v) is 1.33. The maximum absolute atomic E-state index is 10.3. The molecule has 0 saturated carbocycles. The van der Waals surface area contributed by atoms with Crippen molar-refractivity contribution in [2.45, 2.75) is 0 Å². The second-order valence-electron chi connectivity index (χ2n) is 2.20. The van der Waals surface area contributed by atoms with E-state index in [1.54, 1.807) is 6.07 Å². The van der Waals surface area contributed by atoms with Gasteiger partial charge in [0, 0.05) is 0 Å². The number of halogens is 2. The fourth-order valence-electron chi connectivity index (χ4n) is 0.748. The number of hydrogen-bond donors (Lipinski definition) is 2. The summed E-state index contributed by atoms with van der Waals surface area (Å²) in [5.41, 5.74) is 0.232. The molecule has 1 heterocycles. The number of nitriles is 1. The first-order valence-electron chi connectivity index (χ1n) is 3.30. The van der Waals surface area contributed by atoms with Crippen LogP contribution in [-0.4, -0.2) is 16.2 Å². The number of pyridine rings is 1. The molecule has 72 valence electrons.